The third-order valence-electron chi connectivity index (χ3n) is 3.29. The molecule has 1 aliphatic heterocycles. The zero-order chi connectivity index (χ0) is 15.3. The Balaban J connectivity index is 1.77. The molecule has 0 aliphatic carbocycles. The number of aliphatic hydroxyl groups is 1. The molecule has 7 heteroatoms. The maximum atomic E-state index is 12.9. The fourth-order valence-corrected chi connectivity index (χ4v) is 2.20. The molecule has 2 rings (SSSR count). The molecular formula is C14H17ClFNO4. The van der Waals surface area contributed by atoms with E-state index >= 15 is 0 Å². The Morgan fingerprint density at radius 3 is 2.86 bits per heavy atom. The third kappa shape index (κ3) is 4.84. The number of carbonyl (C=O) groups is 1. The lowest BCUT2D eigenvalue weighted by Gasteiger charge is -2.32. The van der Waals surface area contributed by atoms with E-state index in [4.69, 9.17) is 21.1 Å². The molecule has 21 heavy (non-hydrogen) atoms. The molecule has 0 aromatic heterocycles. The van der Waals surface area contributed by atoms with Gasteiger partial charge in [0.2, 0.25) is 0 Å². The van der Waals surface area contributed by atoms with E-state index in [2.05, 4.69) is 5.32 Å². The van der Waals surface area contributed by atoms with E-state index in [1.165, 1.54) is 12.1 Å². The predicted octanol–water partition coefficient (Wildman–Crippen LogP) is 1.52. The smallest absolute Gasteiger partial charge is 0.258 e. The molecule has 1 fully saturated rings. The van der Waals surface area contributed by atoms with Gasteiger partial charge in [-0.3, -0.25) is 4.79 Å². The number of benzene rings is 1. The summed E-state index contributed by atoms with van der Waals surface area (Å²) >= 11 is 5.78. The maximum Gasteiger partial charge on any atom is 0.258 e. The molecule has 1 heterocycles. The molecule has 0 atom stereocenters. The van der Waals surface area contributed by atoms with Crippen LogP contribution < -0.4 is 10.1 Å². The van der Waals surface area contributed by atoms with Crippen molar-refractivity contribution in [2.75, 3.05) is 26.4 Å². The number of rotatable bonds is 5. The zero-order valence-corrected chi connectivity index (χ0v) is 12.2. The van der Waals surface area contributed by atoms with Crippen LogP contribution >= 0.6 is 11.6 Å². The standard InChI is InChI=1S/C14H17ClFNO4/c15-11-7-10(16)1-2-12(11)21-8-13(18)17-9-14(19)3-5-20-6-4-14/h1-2,7,19H,3-6,8-9H2,(H,17,18). The van der Waals surface area contributed by atoms with E-state index in [0.717, 1.165) is 6.07 Å². The fraction of sp³-hybridized carbons (Fsp3) is 0.500. The van der Waals surface area contributed by atoms with E-state index < -0.39 is 11.4 Å². The molecule has 5 nitrogen and oxygen atoms in total. The highest BCUT2D eigenvalue weighted by molar-refractivity contribution is 6.32. The average Bonchev–Trinajstić information content (AvgIpc) is 2.45. The number of ether oxygens (including phenoxy) is 2. The molecule has 0 unspecified atom stereocenters. The molecule has 0 spiro atoms. The van der Waals surface area contributed by atoms with Crippen LogP contribution in [-0.2, 0) is 9.53 Å². The highest BCUT2D eigenvalue weighted by Gasteiger charge is 2.30. The van der Waals surface area contributed by atoms with Gasteiger partial charge in [-0.25, -0.2) is 4.39 Å². The van der Waals surface area contributed by atoms with Gasteiger partial charge in [0, 0.05) is 32.6 Å². The van der Waals surface area contributed by atoms with Crippen molar-refractivity contribution < 1.29 is 23.8 Å². The fourth-order valence-electron chi connectivity index (χ4n) is 1.98. The summed E-state index contributed by atoms with van der Waals surface area (Å²) < 4.78 is 23.2. The molecule has 1 aromatic rings. The normalized spacial score (nSPS) is 17.3. The molecule has 1 amide bonds. The van der Waals surface area contributed by atoms with E-state index in [9.17, 15) is 14.3 Å². The van der Waals surface area contributed by atoms with Crippen molar-refractivity contribution in [2.24, 2.45) is 0 Å². The highest BCUT2D eigenvalue weighted by atomic mass is 35.5. The number of nitrogens with one attached hydrogen (secondary N) is 1. The molecular weight excluding hydrogens is 301 g/mol. The van der Waals surface area contributed by atoms with Crippen LogP contribution in [0.5, 0.6) is 5.75 Å². The van der Waals surface area contributed by atoms with Gasteiger partial charge in [0.05, 0.1) is 10.6 Å². The van der Waals surface area contributed by atoms with Crippen LogP contribution in [0.2, 0.25) is 5.02 Å². The Bertz CT molecular complexity index is 506. The van der Waals surface area contributed by atoms with Crippen LogP contribution in [0, 0.1) is 5.82 Å². The second-order valence-corrected chi connectivity index (χ2v) is 5.38. The van der Waals surface area contributed by atoms with Crippen LogP contribution in [-0.4, -0.2) is 43.0 Å². The van der Waals surface area contributed by atoms with Crippen molar-refractivity contribution in [3.05, 3.63) is 29.0 Å². The number of hydrogen-bond donors (Lipinski definition) is 2. The first kappa shape index (κ1) is 16.0. The Kier molecular flexibility index (Phi) is 5.39. The first-order valence-corrected chi connectivity index (χ1v) is 7.01. The van der Waals surface area contributed by atoms with Crippen LogP contribution in [0.1, 0.15) is 12.8 Å². The van der Waals surface area contributed by atoms with Gasteiger partial charge in [-0.15, -0.1) is 0 Å². The summed E-state index contributed by atoms with van der Waals surface area (Å²) in [6.45, 7) is 0.857. The lowest BCUT2D eigenvalue weighted by atomic mass is 9.94. The Morgan fingerprint density at radius 2 is 2.19 bits per heavy atom. The molecule has 0 bridgehead atoms. The average molecular weight is 318 g/mol. The summed E-state index contributed by atoms with van der Waals surface area (Å²) in [5, 5.41) is 12.9. The molecule has 116 valence electrons. The molecule has 0 radical (unpaired) electrons. The summed E-state index contributed by atoms with van der Waals surface area (Å²) in [5.41, 5.74) is -0.929. The van der Waals surface area contributed by atoms with Gasteiger partial charge in [0.1, 0.15) is 11.6 Å². The molecule has 1 aromatic carbocycles. The van der Waals surface area contributed by atoms with Crippen molar-refractivity contribution >= 4 is 17.5 Å². The summed E-state index contributed by atoms with van der Waals surface area (Å²) in [6, 6.07) is 3.67. The van der Waals surface area contributed by atoms with E-state index in [1.807, 2.05) is 0 Å². The van der Waals surface area contributed by atoms with E-state index in [-0.39, 0.29) is 29.8 Å². The molecule has 2 N–H and O–H groups in total. The minimum absolute atomic E-state index is 0.103. The number of amides is 1. The topological polar surface area (TPSA) is 67.8 Å². The predicted molar refractivity (Wildman–Crippen MR) is 74.9 cm³/mol. The zero-order valence-electron chi connectivity index (χ0n) is 11.4. The first-order valence-electron chi connectivity index (χ1n) is 6.63. The monoisotopic (exact) mass is 317 g/mol. The Morgan fingerprint density at radius 1 is 1.48 bits per heavy atom. The van der Waals surface area contributed by atoms with Crippen LogP contribution in [0.15, 0.2) is 18.2 Å². The van der Waals surface area contributed by atoms with Gasteiger partial charge in [0.15, 0.2) is 6.61 Å². The van der Waals surface area contributed by atoms with Crippen molar-refractivity contribution in [1.82, 2.24) is 5.32 Å². The van der Waals surface area contributed by atoms with Gasteiger partial charge in [-0.1, -0.05) is 11.6 Å². The third-order valence-corrected chi connectivity index (χ3v) is 3.59. The van der Waals surface area contributed by atoms with Gasteiger partial charge in [-0.05, 0) is 18.2 Å². The van der Waals surface area contributed by atoms with Crippen LogP contribution in [0.25, 0.3) is 0 Å². The molecule has 0 saturated carbocycles. The van der Waals surface area contributed by atoms with E-state index in [1.54, 1.807) is 0 Å². The van der Waals surface area contributed by atoms with Crippen molar-refractivity contribution in [3.63, 3.8) is 0 Å². The molecule has 1 saturated heterocycles. The quantitative estimate of drug-likeness (QED) is 0.864. The number of hydrogen-bond acceptors (Lipinski definition) is 4. The summed E-state index contributed by atoms with van der Waals surface area (Å²) in [5.74, 6) is -0.619. The largest absolute Gasteiger partial charge is 0.482 e. The summed E-state index contributed by atoms with van der Waals surface area (Å²) in [6.07, 6.45) is 0.968. The maximum absolute atomic E-state index is 12.9. The van der Waals surface area contributed by atoms with E-state index in [0.29, 0.717) is 26.1 Å². The second-order valence-electron chi connectivity index (χ2n) is 4.98. The number of carbonyl (C=O) groups excluding carboxylic acids is 1. The second kappa shape index (κ2) is 7.06. The molecule has 1 aliphatic rings. The van der Waals surface area contributed by atoms with Crippen molar-refractivity contribution in [2.45, 2.75) is 18.4 Å². The van der Waals surface area contributed by atoms with Crippen LogP contribution in [0.4, 0.5) is 4.39 Å². The first-order chi connectivity index (χ1) is 9.98. The van der Waals surface area contributed by atoms with Crippen molar-refractivity contribution in [3.8, 4) is 5.75 Å². The highest BCUT2D eigenvalue weighted by Crippen LogP contribution is 2.24. The van der Waals surface area contributed by atoms with Crippen LogP contribution in [0.3, 0.4) is 0 Å². The Hall–Kier alpha value is -1.37. The lowest BCUT2D eigenvalue weighted by Crippen LogP contribution is -2.47. The Labute approximate surface area is 127 Å². The SMILES string of the molecule is O=C(COc1ccc(F)cc1Cl)NCC1(O)CCOCC1. The van der Waals surface area contributed by atoms with Gasteiger partial charge in [0.25, 0.3) is 5.91 Å². The van der Waals surface area contributed by atoms with Crippen molar-refractivity contribution in [1.29, 1.82) is 0 Å². The minimum Gasteiger partial charge on any atom is -0.482 e. The lowest BCUT2D eigenvalue weighted by molar-refractivity contribution is -0.125. The number of halogens is 2. The van der Waals surface area contributed by atoms with Gasteiger partial charge >= 0.3 is 0 Å². The minimum atomic E-state index is -0.929. The summed E-state index contributed by atoms with van der Waals surface area (Å²) in [7, 11) is 0. The van der Waals surface area contributed by atoms with Gasteiger partial charge < -0.3 is 19.9 Å². The van der Waals surface area contributed by atoms with Gasteiger partial charge in [-0.2, -0.15) is 0 Å². The summed E-state index contributed by atoms with van der Waals surface area (Å²) in [4.78, 5) is 11.7.